The molecule has 0 aliphatic carbocycles. The van der Waals surface area contributed by atoms with Crippen LogP contribution in [0.25, 0.3) is 10.2 Å². The molecule has 2 N–H and O–H groups in total. The Kier molecular flexibility index (Phi) is 5.42. The summed E-state index contributed by atoms with van der Waals surface area (Å²) in [6, 6.07) is 3.91. The van der Waals surface area contributed by atoms with Gasteiger partial charge in [0.1, 0.15) is 10.6 Å². The van der Waals surface area contributed by atoms with E-state index in [4.69, 9.17) is 4.74 Å². The molecule has 0 atom stereocenters. The van der Waals surface area contributed by atoms with Crippen molar-refractivity contribution in [1.82, 2.24) is 9.97 Å². The van der Waals surface area contributed by atoms with Crippen LogP contribution in [0.1, 0.15) is 5.56 Å². The molecule has 11 heteroatoms. The Bertz CT molecular complexity index is 1090. The summed E-state index contributed by atoms with van der Waals surface area (Å²) in [6.07, 6.45) is 0. The summed E-state index contributed by atoms with van der Waals surface area (Å²) in [5.41, 5.74) is 0.807. The number of rotatable bonds is 6. The molecule has 1 aromatic carbocycles. The second-order valence-electron chi connectivity index (χ2n) is 5.45. The van der Waals surface area contributed by atoms with Crippen LogP contribution < -0.4 is 15.6 Å². The van der Waals surface area contributed by atoms with Gasteiger partial charge in [0.2, 0.25) is 5.91 Å². The molecule has 0 spiro atoms. The summed E-state index contributed by atoms with van der Waals surface area (Å²) in [4.78, 5) is 42.2. The number of nitro benzene ring substituents is 1. The lowest BCUT2D eigenvalue weighted by molar-refractivity contribution is -0.384. The maximum absolute atomic E-state index is 12.2. The number of nitrogens with zero attached hydrogens (tertiary/aromatic N) is 2. The lowest BCUT2D eigenvalue weighted by Crippen LogP contribution is -2.16. The van der Waals surface area contributed by atoms with Crippen molar-refractivity contribution in [2.75, 3.05) is 18.2 Å². The number of amides is 1. The van der Waals surface area contributed by atoms with E-state index in [0.717, 1.165) is 17.3 Å². The number of fused-ring (bicyclic) bond motifs is 1. The van der Waals surface area contributed by atoms with Crippen LogP contribution in [0.3, 0.4) is 0 Å². The molecular weight excluding hydrogens is 392 g/mol. The highest BCUT2D eigenvalue weighted by atomic mass is 32.2. The highest BCUT2D eigenvalue weighted by molar-refractivity contribution is 7.99. The van der Waals surface area contributed by atoms with E-state index in [2.05, 4.69) is 15.3 Å². The third kappa shape index (κ3) is 4.09. The summed E-state index contributed by atoms with van der Waals surface area (Å²) in [6.45, 7) is 1.84. The molecule has 0 saturated carbocycles. The molecule has 0 unspecified atom stereocenters. The van der Waals surface area contributed by atoms with E-state index in [1.165, 1.54) is 36.6 Å². The number of nitro groups is 1. The highest BCUT2D eigenvalue weighted by Crippen LogP contribution is 2.29. The second-order valence-corrected chi connectivity index (χ2v) is 7.27. The van der Waals surface area contributed by atoms with Gasteiger partial charge in [0.25, 0.3) is 11.2 Å². The number of thioether (sulfide) groups is 1. The largest absolute Gasteiger partial charge is 0.494 e. The predicted molar refractivity (Wildman–Crippen MR) is 104 cm³/mol. The van der Waals surface area contributed by atoms with Crippen LogP contribution in [0.5, 0.6) is 5.75 Å². The highest BCUT2D eigenvalue weighted by Gasteiger charge is 2.14. The van der Waals surface area contributed by atoms with Gasteiger partial charge in [0, 0.05) is 6.07 Å². The van der Waals surface area contributed by atoms with Crippen molar-refractivity contribution in [2.45, 2.75) is 12.1 Å². The average molecular weight is 406 g/mol. The predicted octanol–water partition coefficient (Wildman–Crippen LogP) is 2.94. The van der Waals surface area contributed by atoms with Crippen molar-refractivity contribution in [1.29, 1.82) is 0 Å². The molecule has 3 aromatic rings. The smallest absolute Gasteiger partial charge is 0.273 e. The molecule has 0 aliphatic rings. The molecule has 0 radical (unpaired) electrons. The first-order valence-electron chi connectivity index (χ1n) is 7.62. The molecule has 1 amide bonds. The number of anilines is 1. The standard InChI is InChI=1S/C16H14N4O5S2/c1-8-6-26-15-13(8)14(22)18-16(19-15)27-7-12(21)17-10-4-3-9(20(23)24)5-11(10)25-2/h3-6H,7H2,1-2H3,(H,17,21)(H,18,19,22). The van der Waals surface area contributed by atoms with Crippen molar-refractivity contribution in [2.24, 2.45) is 0 Å². The minimum Gasteiger partial charge on any atom is -0.494 e. The number of thiophene rings is 1. The Hall–Kier alpha value is -2.92. The van der Waals surface area contributed by atoms with Gasteiger partial charge in [0.15, 0.2) is 5.16 Å². The summed E-state index contributed by atoms with van der Waals surface area (Å²) >= 11 is 2.46. The quantitative estimate of drug-likeness (QED) is 0.279. The van der Waals surface area contributed by atoms with E-state index in [-0.39, 0.29) is 28.7 Å². The molecular formula is C16H14N4O5S2. The number of H-pyrrole nitrogens is 1. The topological polar surface area (TPSA) is 127 Å². The number of benzene rings is 1. The maximum Gasteiger partial charge on any atom is 0.273 e. The Morgan fingerprint density at radius 3 is 2.96 bits per heavy atom. The monoisotopic (exact) mass is 406 g/mol. The number of nitrogens with one attached hydrogen (secondary N) is 2. The minimum atomic E-state index is -0.547. The Labute approximate surface area is 160 Å². The van der Waals surface area contributed by atoms with Gasteiger partial charge in [-0.1, -0.05) is 11.8 Å². The van der Waals surface area contributed by atoms with Crippen LogP contribution in [-0.2, 0) is 4.79 Å². The third-order valence-electron chi connectivity index (χ3n) is 3.62. The summed E-state index contributed by atoms with van der Waals surface area (Å²) < 4.78 is 5.08. The van der Waals surface area contributed by atoms with E-state index in [1.807, 2.05) is 12.3 Å². The number of carbonyl (C=O) groups is 1. The molecule has 0 fully saturated rings. The molecule has 9 nitrogen and oxygen atoms in total. The zero-order chi connectivity index (χ0) is 19.6. The second kappa shape index (κ2) is 7.76. The van der Waals surface area contributed by atoms with Crippen molar-refractivity contribution >= 4 is 50.6 Å². The SMILES string of the molecule is COc1cc([N+](=O)[O-])ccc1NC(=O)CSc1nc2scc(C)c2c(=O)[nH]1. The number of methoxy groups -OCH3 is 1. The fourth-order valence-corrected chi connectivity index (χ4v) is 3.99. The van der Waals surface area contributed by atoms with Gasteiger partial charge in [-0.05, 0) is 23.9 Å². The normalized spacial score (nSPS) is 10.7. The van der Waals surface area contributed by atoms with Gasteiger partial charge in [0.05, 0.1) is 34.9 Å². The van der Waals surface area contributed by atoms with Gasteiger partial charge < -0.3 is 15.0 Å². The first-order valence-corrected chi connectivity index (χ1v) is 9.48. The van der Waals surface area contributed by atoms with Gasteiger partial charge in [-0.15, -0.1) is 11.3 Å². The van der Waals surface area contributed by atoms with Crippen LogP contribution in [0.2, 0.25) is 0 Å². The van der Waals surface area contributed by atoms with Crippen LogP contribution in [0, 0.1) is 17.0 Å². The van der Waals surface area contributed by atoms with Crippen LogP contribution in [-0.4, -0.2) is 33.7 Å². The van der Waals surface area contributed by atoms with E-state index >= 15 is 0 Å². The number of aromatic amines is 1. The molecule has 0 saturated heterocycles. The number of ether oxygens (including phenoxy) is 1. The van der Waals surface area contributed by atoms with Crippen LogP contribution in [0.4, 0.5) is 11.4 Å². The Balaban J connectivity index is 1.70. The molecule has 2 heterocycles. The fraction of sp³-hybridized carbons (Fsp3) is 0.188. The average Bonchev–Trinajstić information content (AvgIpc) is 3.01. The third-order valence-corrected chi connectivity index (χ3v) is 5.48. The first kappa shape index (κ1) is 18.9. The first-order chi connectivity index (χ1) is 12.9. The molecule has 0 bridgehead atoms. The number of hydrogen-bond donors (Lipinski definition) is 2. The summed E-state index contributed by atoms with van der Waals surface area (Å²) in [5, 5.41) is 16.2. The molecule has 0 aliphatic heterocycles. The lowest BCUT2D eigenvalue weighted by Gasteiger charge is -2.09. The Morgan fingerprint density at radius 1 is 1.48 bits per heavy atom. The molecule has 2 aromatic heterocycles. The number of hydrogen-bond acceptors (Lipinski definition) is 8. The molecule has 27 heavy (non-hydrogen) atoms. The van der Waals surface area contributed by atoms with Crippen molar-refractivity contribution in [3.8, 4) is 5.75 Å². The van der Waals surface area contributed by atoms with Gasteiger partial charge in [-0.25, -0.2) is 4.98 Å². The Morgan fingerprint density at radius 2 is 2.26 bits per heavy atom. The minimum absolute atomic E-state index is 0.00105. The van der Waals surface area contributed by atoms with Gasteiger partial charge >= 0.3 is 0 Å². The fourth-order valence-electron chi connectivity index (χ4n) is 2.35. The summed E-state index contributed by atoms with van der Waals surface area (Å²) in [5.74, 6) is -0.180. The zero-order valence-electron chi connectivity index (χ0n) is 14.3. The summed E-state index contributed by atoms with van der Waals surface area (Å²) in [7, 11) is 1.36. The number of aryl methyl sites for hydroxylation is 1. The molecule has 140 valence electrons. The van der Waals surface area contributed by atoms with Crippen molar-refractivity contribution < 1.29 is 14.5 Å². The zero-order valence-corrected chi connectivity index (χ0v) is 15.9. The van der Waals surface area contributed by atoms with Crippen molar-refractivity contribution in [3.63, 3.8) is 0 Å². The van der Waals surface area contributed by atoms with E-state index < -0.39 is 4.92 Å². The maximum atomic E-state index is 12.2. The van der Waals surface area contributed by atoms with Gasteiger partial charge in [-0.3, -0.25) is 19.7 Å². The molecule has 3 rings (SSSR count). The van der Waals surface area contributed by atoms with E-state index in [9.17, 15) is 19.7 Å². The van der Waals surface area contributed by atoms with Crippen LogP contribution in [0.15, 0.2) is 33.5 Å². The number of carbonyl (C=O) groups excluding carboxylic acids is 1. The number of aromatic nitrogens is 2. The lowest BCUT2D eigenvalue weighted by atomic mass is 10.2. The van der Waals surface area contributed by atoms with Gasteiger partial charge in [-0.2, -0.15) is 0 Å². The van der Waals surface area contributed by atoms with E-state index in [0.29, 0.717) is 21.1 Å². The number of non-ortho nitro benzene ring substituents is 1. The van der Waals surface area contributed by atoms with Crippen molar-refractivity contribution in [3.05, 3.63) is 49.6 Å². The van der Waals surface area contributed by atoms with E-state index in [1.54, 1.807) is 0 Å². The van der Waals surface area contributed by atoms with Crippen LogP contribution >= 0.6 is 23.1 Å².